The molecule has 1 aliphatic heterocycles. The Kier molecular flexibility index (Phi) is 6.18. The van der Waals surface area contributed by atoms with Crippen molar-refractivity contribution in [3.63, 3.8) is 0 Å². The van der Waals surface area contributed by atoms with E-state index in [-0.39, 0.29) is 17.1 Å². The van der Waals surface area contributed by atoms with E-state index in [1.807, 2.05) is 0 Å². The summed E-state index contributed by atoms with van der Waals surface area (Å²) in [7, 11) is 0. The molecule has 3 rings (SSSR count). The van der Waals surface area contributed by atoms with Crippen LogP contribution in [-0.4, -0.2) is 21.0 Å². The van der Waals surface area contributed by atoms with Crippen molar-refractivity contribution in [1.82, 2.24) is 4.90 Å². The molecule has 0 unspecified atom stereocenters. The number of carbonyl (C=O) groups is 2. The second-order valence-corrected chi connectivity index (χ2v) is 7.52. The maximum absolute atomic E-state index is 12.5. The Morgan fingerprint density at radius 2 is 1.86 bits per heavy atom. The minimum atomic E-state index is -0.481. The van der Waals surface area contributed by atoms with Gasteiger partial charge in [0.15, 0.2) is 0 Å². The number of benzene rings is 2. The summed E-state index contributed by atoms with van der Waals surface area (Å²) >= 11 is 12.7. The average Bonchev–Trinajstić information content (AvgIpc) is 2.92. The fourth-order valence-corrected chi connectivity index (χ4v) is 3.62. The van der Waals surface area contributed by atoms with E-state index in [0.717, 1.165) is 16.7 Å². The van der Waals surface area contributed by atoms with Crippen LogP contribution in [0.2, 0.25) is 10.0 Å². The highest BCUT2D eigenvalue weighted by molar-refractivity contribution is 8.18. The third kappa shape index (κ3) is 4.44. The molecule has 2 amide bonds. The van der Waals surface area contributed by atoms with Crippen molar-refractivity contribution >= 4 is 57.9 Å². The van der Waals surface area contributed by atoms with E-state index in [9.17, 15) is 19.7 Å². The lowest BCUT2D eigenvalue weighted by Crippen LogP contribution is -2.27. The molecule has 2 aromatic carbocycles. The highest BCUT2D eigenvalue weighted by Crippen LogP contribution is 2.33. The first-order valence-corrected chi connectivity index (χ1v) is 9.53. The Balaban J connectivity index is 1.76. The van der Waals surface area contributed by atoms with Crippen LogP contribution in [0.3, 0.4) is 0 Å². The lowest BCUT2D eigenvalue weighted by Gasteiger charge is -2.12. The molecule has 6 nitrogen and oxygen atoms in total. The molecule has 0 aliphatic carbocycles. The second-order valence-electron chi connectivity index (χ2n) is 5.71. The van der Waals surface area contributed by atoms with Crippen LogP contribution in [0.4, 0.5) is 10.5 Å². The van der Waals surface area contributed by atoms with E-state index in [1.165, 1.54) is 24.3 Å². The van der Waals surface area contributed by atoms with Gasteiger partial charge in [0.05, 0.1) is 32.0 Å². The van der Waals surface area contributed by atoms with Gasteiger partial charge < -0.3 is 0 Å². The Morgan fingerprint density at radius 3 is 2.57 bits per heavy atom. The molecule has 1 aliphatic rings. The third-order valence-corrected chi connectivity index (χ3v) is 5.52. The van der Waals surface area contributed by atoms with Gasteiger partial charge in [-0.2, -0.15) is 0 Å². The first kappa shape index (κ1) is 20.1. The number of allylic oxidation sites excluding steroid dienone is 2. The molecule has 0 spiro atoms. The number of nitrogens with zero attached hydrogens (tertiary/aromatic N) is 2. The fourth-order valence-electron chi connectivity index (χ4n) is 2.50. The second kappa shape index (κ2) is 8.60. The van der Waals surface area contributed by atoms with Crippen molar-refractivity contribution < 1.29 is 14.5 Å². The summed E-state index contributed by atoms with van der Waals surface area (Å²) < 4.78 is 0. The lowest BCUT2D eigenvalue weighted by molar-refractivity contribution is -0.385. The number of rotatable bonds is 5. The van der Waals surface area contributed by atoms with Crippen molar-refractivity contribution in [3.8, 4) is 0 Å². The van der Waals surface area contributed by atoms with Gasteiger partial charge in [-0.3, -0.25) is 24.6 Å². The van der Waals surface area contributed by atoms with Crippen molar-refractivity contribution in [2.24, 2.45) is 0 Å². The number of nitro groups is 1. The summed E-state index contributed by atoms with van der Waals surface area (Å²) in [6, 6.07) is 11.1. The van der Waals surface area contributed by atoms with Gasteiger partial charge in [0.2, 0.25) is 0 Å². The number of hydrogen-bond donors (Lipinski definition) is 0. The van der Waals surface area contributed by atoms with Crippen LogP contribution in [0.1, 0.15) is 11.1 Å². The summed E-state index contributed by atoms with van der Waals surface area (Å²) in [6.45, 7) is 0.0762. The molecule has 0 N–H and O–H groups in total. The first-order chi connectivity index (χ1) is 13.4. The monoisotopic (exact) mass is 434 g/mol. The Morgan fingerprint density at radius 1 is 1.11 bits per heavy atom. The first-order valence-electron chi connectivity index (χ1n) is 7.96. The molecule has 9 heteroatoms. The summed E-state index contributed by atoms with van der Waals surface area (Å²) in [5.41, 5.74) is 1.03. The van der Waals surface area contributed by atoms with Crippen molar-refractivity contribution in [1.29, 1.82) is 0 Å². The number of carbonyl (C=O) groups excluding carboxylic acids is 2. The van der Waals surface area contributed by atoms with Crippen LogP contribution in [-0.2, 0) is 11.3 Å². The molecule has 0 radical (unpaired) electrons. The Labute approximate surface area is 174 Å². The van der Waals surface area contributed by atoms with Gasteiger partial charge in [-0.25, -0.2) is 0 Å². The van der Waals surface area contributed by atoms with E-state index >= 15 is 0 Å². The third-order valence-electron chi connectivity index (χ3n) is 3.86. The molecule has 0 bridgehead atoms. The van der Waals surface area contributed by atoms with Gasteiger partial charge >= 0.3 is 0 Å². The molecular formula is C19H12Cl2N2O4S. The van der Waals surface area contributed by atoms with Gasteiger partial charge in [0.25, 0.3) is 16.8 Å². The zero-order valence-corrected chi connectivity index (χ0v) is 16.5. The zero-order chi connectivity index (χ0) is 20.3. The van der Waals surface area contributed by atoms with E-state index in [2.05, 4.69) is 0 Å². The molecule has 0 atom stereocenters. The van der Waals surface area contributed by atoms with Crippen LogP contribution in [0.25, 0.3) is 6.08 Å². The van der Waals surface area contributed by atoms with Crippen molar-refractivity contribution in [2.75, 3.05) is 0 Å². The van der Waals surface area contributed by atoms with Gasteiger partial charge in [0, 0.05) is 6.07 Å². The van der Waals surface area contributed by atoms with Gasteiger partial charge in [0.1, 0.15) is 0 Å². The standard InChI is InChI=1S/C19H12Cl2N2O4S/c20-14-9-8-12(10-15(14)21)11-22-18(24)17(28-19(22)25)7-3-5-13-4-1-2-6-16(13)23(26)27/h1-10H,11H2/b5-3+,17-7-. The topological polar surface area (TPSA) is 80.5 Å². The molecule has 1 saturated heterocycles. The number of amides is 2. The molecule has 2 aromatic rings. The van der Waals surface area contributed by atoms with E-state index in [4.69, 9.17) is 23.2 Å². The van der Waals surface area contributed by atoms with Crippen molar-refractivity contribution in [3.05, 3.63) is 90.8 Å². The van der Waals surface area contributed by atoms with Gasteiger partial charge in [-0.15, -0.1) is 0 Å². The average molecular weight is 435 g/mol. The van der Waals surface area contributed by atoms with Crippen LogP contribution in [0.5, 0.6) is 0 Å². The number of nitro benzene ring substituents is 1. The maximum atomic E-state index is 12.5. The van der Waals surface area contributed by atoms with Crippen molar-refractivity contribution in [2.45, 2.75) is 6.54 Å². The molecule has 0 aromatic heterocycles. The van der Waals surface area contributed by atoms with Gasteiger partial charge in [-0.05, 0) is 47.7 Å². The van der Waals surface area contributed by atoms with Crippen LogP contribution in [0.15, 0.2) is 59.5 Å². The summed E-state index contributed by atoms with van der Waals surface area (Å²) in [5.74, 6) is -0.437. The number of para-hydroxylation sites is 1. The number of hydrogen-bond acceptors (Lipinski definition) is 5. The molecule has 1 fully saturated rings. The van der Waals surface area contributed by atoms with E-state index < -0.39 is 16.1 Å². The molecule has 142 valence electrons. The normalized spacial score (nSPS) is 15.8. The number of imide groups is 1. The quantitative estimate of drug-likeness (QED) is 0.342. The minimum absolute atomic E-state index is 0.0418. The smallest absolute Gasteiger partial charge is 0.268 e. The molecule has 1 heterocycles. The van der Waals surface area contributed by atoms with E-state index in [0.29, 0.717) is 21.2 Å². The predicted octanol–water partition coefficient (Wildman–Crippen LogP) is 5.69. The predicted molar refractivity (Wildman–Crippen MR) is 110 cm³/mol. The lowest BCUT2D eigenvalue weighted by atomic mass is 10.1. The Bertz CT molecular complexity index is 1040. The highest BCUT2D eigenvalue weighted by Gasteiger charge is 2.34. The maximum Gasteiger partial charge on any atom is 0.293 e. The molecule has 0 saturated carbocycles. The largest absolute Gasteiger partial charge is 0.293 e. The molecular weight excluding hydrogens is 423 g/mol. The zero-order valence-electron chi connectivity index (χ0n) is 14.2. The fraction of sp³-hybridized carbons (Fsp3) is 0.0526. The highest BCUT2D eigenvalue weighted by atomic mass is 35.5. The summed E-state index contributed by atoms with van der Waals surface area (Å²) in [6.07, 6.45) is 4.50. The number of thioether (sulfide) groups is 1. The van der Waals surface area contributed by atoms with Crippen LogP contribution >= 0.6 is 35.0 Å². The SMILES string of the molecule is O=C1S/C(=C\C=C\c2ccccc2[N+](=O)[O-])C(=O)N1Cc1ccc(Cl)c(Cl)c1. The summed E-state index contributed by atoms with van der Waals surface area (Å²) in [4.78, 5) is 36.6. The summed E-state index contributed by atoms with van der Waals surface area (Å²) in [5, 5.41) is 11.4. The van der Waals surface area contributed by atoms with Gasteiger partial charge in [-0.1, -0.05) is 47.5 Å². The van der Waals surface area contributed by atoms with E-state index in [1.54, 1.807) is 36.4 Å². The van der Waals surface area contributed by atoms with Crippen LogP contribution < -0.4 is 0 Å². The number of halogens is 2. The Hall–Kier alpha value is -2.61. The van der Waals surface area contributed by atoms with Crippen LogP contribution in [0, 0.1) is 10.1 Å². The molecule has 28 heavy (non-hydrogen) atoms. The minimum Gasteiger partial charge on any atom is -0.268 e.